The second-order valence-electron chi connectivity index (χ2n) is 33.9. The quantitative estimate of drug-likeness (QED) is 0.0103. The number of hydrogen-bond acceptors (Lipinski definition) is 37. The van der Waals surface area contributed by atoms with Crippen LogP contribution in [0, 0.1) is 47.8 Å². The van der Waals surface area contributed by atoms with Gasteiger partial charge in [-0.2, -0.15) is 15.8 Å². The van der Waals surface area contributed by atoms with Crippen molar-refractivity contribution in [1.29, 1.82) is 15.8 Å². The highest BCUT2D eigenvalue weighted by Crippen LogP contribution is 2.60. The number of phosphoric acid groups is 3. The van der Waals surface area contributed by atoms with Gasteiger partial charge in [-0.15, -0.1) is 0 Å². The molecular weight excluding hydrogens is 1800 g/mol. The number of imidazole rings is 2. The normalized spacial score (nSPS) is 23.9. The number of anilines is 2. The Morgan fingerprint density at radius 3 is 1.32 bits per heavy atom. The molecule has 4 fully saturated rings. The highest BCUT2D eigenvalue weighted by atomic mass is 31.2. The number of benzene rings is 2. The number of nitriles is 3. The maximum Gasteiger partial charge on any atom is 0.475 e. The molecule has 50 heteroatoms. The minimum Gasteiger partial charge on any atom is -0.459 e. The topological polar surface area (TPSA) is 580 Å². The zero-order chi connectivity index (χ0) is 94.0. The molecule has 4 aliphatic rings. The smallest absolute Gasteiger partial charge is 0.459 e. The lowest BCUT2D eigenvalue weighted by Gasteiger charge is -2.41. The number of aryl methyl sites for hydroxylation is 2. The Kier molecular flexibility index (Phi) is 31.8. The van der Waals surface area contributed by atoms with Gasteiger partial charge in [0, 0.05) is 53.9 Å². The maximum atomic E-state index is 16.3. The minimum atomic E-state index is -5.45. The third kappa shape index (κ3) is 23.5. The molecule has 130 heavy (non-hydrogen) atoms. The van der Waals surface area contributed by atoms with Crippen LogP contribution in [0.3, 0.4) is 0 Å². The SMILES string of the molecule is CC(=O)CCC(=O)OC1C[C@H](n2cc(C)c(=O)[nH]c2=O)O[C@@H]1COP(=O)(OCCC#N)O[C@H]1[C@@H](O[Si](C)(C)C(C)(C)C)[C@H](n2cnc3c(NC(=O)c4ccccc4)ncnc32)O[C@@H]1COP(=O)(OCCC#N)O[C@H]1C[C@H](n2cc(C)c(=O)[nH]c2=O)O[C@@H]1COP(=O)(OCCC#N)O[C@H]1[C@@H](O[Si](C)(C)C(C)(C)C)[C@H](n2cnc3c(NC(=O)c4ccccc4)ncnc32)O[C@@H]1CO. The monoisotopic (exact) mass is 1900 g/mol. The molecule has 0 saturated carbocycles. The Morgan fingerprint density at radius 2 is 0.915 bits per heavy atom. The summed E-state index contributed by atoms with van der Waals surface area (Å²) in [4.78, 5) is 137. The fraction of sp³-hybridized carbons (Fsp3) is 0.537. The number of Topliss-reactive ketones (excluding diaryl/α,β-unsaturated/α-hetero) is 1. The van der Waals surface area contributed by atoms with E-state index in [0.29, 0.717) is 5.56 Å². The van der Waals surface area contributed by atoms with Crippen LogP contribution in [-0.2, 0) is 96.5 Å². The predicted octanol–water partition coefficient (Wildman–Crippen LogP) is 9.63. The van der Waals surface area contributed by atoms with Gasteiger partial charge in [-0.05, 0) is 81.3 Å². The van der Waals surface area contributed by atoms with Gasteiger partial charge in [0.05, 0.1) is 103 Å². The molecule has 698 valence electrons. The first-order valence-corrected chi connectivity index (χ1v) is 51.6. The number of carbonyl (C=O) groups is 4. The molecule has 2 aromatic carbocycles. The Bertz CT molecular complexity index is 5970. The summed E-state index contributed by atoms with van der Waals surface area (Å²) in [5.41, 5.74) is -2.54. The first-order valence-electron chi connectivity index (χ1n) is 41.4. The number of ketones is 1. The Balaban J connectivity index is 0.917. The lowest BCUT2D eigenvalue weighted by Crippen LogP contribution is -2.49. The van der Waals surface area contributed by atoms with Crippen molar-refractivity contribution in [3.63, 3.8) is 0 Å². The Labute approximate surface area is 746 Å². The van der Waals surface area contributed by atoms with Gasteiger partial charge >= 0.3 is 40.8 Å². The number of amides is 2. The van der Waals surface area contributed by atoms with Gasteiger partial charge in [0.15, 0.2) is 63.1 Å². The average Bonchev–Trinajstić information content (AvgIpc) is 1.60. The zero-order valence-electron chi connectivity index (χ0n) is 73.3. The summed E-state index contributed by atoms with van der Waals surface area (Å²) < 4.78 is 157. The van der Waals surface area contributed by atoms with E-state index in [9.17, 15) is 59.2 Å². The van der Waals surface area contributed by atoms with Crippen LogP contribution >= 0.6 is 23.5 Å². The van der Waals surface area contributed by atoms with Gasteiger partial charge in [-0.1, -0.05) is 77.9 Å². The third-order valence-corrected chi connectivity index (χ3v) is 36.0. The van der Waals surface area contributed by atoms with Crippen LogP contribution < -0.4 is 33.1 Å². The van der Waals surface area contributed by atoms with E-state index >= 15 is 13.7 Å². The summed E-state index contributed by atoms with van der Waals surface area (Å²) in [7, 11) is -22.5. The number of hydrogen-bond donors (Lipinski definition) is 5. The third-order valence-electron chi connectivity index (χ3n) is 22.6. The van der Waals surface area contributed by atoms with E-state index in [2.05, 4.69) is 50.5 Å². The number of aromatic nitrogens is 12. The molecule has 0 radical (unpaired) electrons. The molecule has 4 aliphatic heterocycles. The van der Waals surface area contributed by atoms with Crippen molar-refractivity contribution < 1.29 is 111 Å². The second-order valence-corrected chi connectivity index (χ2v) is 48.3. The Morgan fingerprint density at radius 1 is 0.523 bits per heavy atom. The molecule has 10 heterocycles. The van der Waals surface area contributed by atoms with Crippen LogP contribution in [0.15, 0.2) is 118 Å². The van der Waals surface area contributed by atoms with Crippen LogP contribution in [0.25, 0.3) is 22.3 Å². The van der Waals surface area contributed by atoms with E-state index in [0.717, 1.165) is 21.7 Å². The maximum absolute atomic E-state index is 16.3. The van der Waals surface area contributed by atoms with Crippen LogP contribution in [0.5, 0.6) is 0 Å². The molecular formula is C80H102N17O28P3Si2. The van der Waals surface area contributed by atoms with E-state index in [1.54, 1.807) is 60.7 Å². The number of aromatic amines is 2. The number of aliphatic hydroxyl groups is 1. The van der Waals surface area contributed by atoms with E-state index in [1.807, 2.05) is 85.9 Å². The highest BCUT2D eigenvalue weighted by Gasteiger charge is 2.59. The van der Waals surface area contributed by atoms with Gasteiger partial charge in [-0.3, -0.25) is 92.9 Å². The number of H-pyrrole nitrogens is 2. The fourth-order valence-electron chi connectivity index (χ4n) is 13.7. The molecule has 4 saturated heterocycles. The van der Waals surface area contributed by atoms with E-state index < -0.39 is 248 Å². The summed E-state index contributed by atoms with van der Waals surface area (Å²) in [6.07, 6.45) is -17.2. The first-order chi connectivity index (χ1) is 61.6. The number of fused-ring (bicyclic) bond motifs is 2. The van der Waals surface area contributed by atoms with Gasteiger partial charge in [0.2, 0.25) is 0 Å². The molecule has 0 aliphatic carbocycles. The summed E-state index contributed by atoms with van der Waals surface area (Å²) >= 11 is 0. The summed E-state index contributed by atoms with van der Waals surface area (Å²) in [6.45, 7) is 17.4. The standard InChI is InChI=1S/C80H102N17O28P3Si2/c1-47-37-94(77(105)92-71(47)101)58-35-52(118-60(100)28-27-49(3)99)55(116-58)40-113-128(109,112-34-22-31-83)123-64-57(120-76(66(64)125-130(12,13)80(7,8)9)97-46-89-62-68(85-44-87-70(62)97)91-74(104)51-25-18-15-19-26-51)42-115-126(107,110-32-20-29-81)121-53-36-59(95-38-48(2)72(102)93-78(95)106)117-56(53)41-114-127(108,111-33-21-30-82)122-63-54(39-98)119-75(65(63)124-129(10,11)79(4,5)6)96-45-88-61-67(84-43-86-69(61)96)90-73(103)50-23-16-14-17-24-50/h14-19,23-26,37-38,43-46,52-59,63-66,75-76,98H,20-22,27-28,32-36,39-42H2,1-13H3,(H,92,101,105)(H,93,102,106)(H,84,86,90,103)(H,85,87,91,104)/t52?,53-,54+,55+,56+,57+,58+,59+,63+,64+,65+,66+,75+,76+,126?,127?,128?/m0/s1. The van der Waals surface area contributed by atoms with Crippen molar-refractivity contribution in [3.05, 3.63) is 162 Å². The van der Waals surface area contributed by atoms with Gasteiger partial charge < -0.3 is 53.1 Å². The largest absolute Gasteiger partial charge is 0.475 e. The number of aliphatic hydroxyl groups excluding tert-OH is 1. The molecule has 8 aromatic rings. The van der Waals surface area contributed by atoms with Crippen molar-refractivity contribution in [2.45, 2.75) is 229 Å². The van der Waals surface area contributed by atoms with Crippen LogP contribution in [0.1, 0.15) is 150 Å². The summed E-state index contributed by atoms with van der Waals surface area (Å²) in [5.74, 6) is -2.37. The summed E-state index contributed by atoms with van der Waals surface area (Å²) in [5, 5.41) is 45.5. The van der Waals surface area contributed by atoms with Crippen molar-refractivity contribution in [3.8, 4) is 18.2 Å². The van der Waals surface area contributed by atoms with E-state index in [1.165, 1.54) is 55.1 Å². The summed E-state index contributed by atoms with van der Waals surface area (Å²) in [6, 6.07) is 22.2. The highest BCUT2D eigenvalue weighted by molar-refractivity contribution is 7.49. The van der Waals surface area contributed by atoms with Crippen molar-refractivity contribution in [2.24, 2.45) is 0 Å². The second kappa shape index (κ2) is 41.8. The minimum absolute atomic E-state index is 0.00232. The van der Waals surface area contributed by atoms with E-state index in [4.69, 9.17) is 73.3 Å². The average molecular weight is 1900 g/mol. The predicted molar refractivity (Wildman–Crippen MR) is 461 cm³/mol. The number of nitrogens with zero attached hydrogens (tertiary/aromatic N) is 13. The van der Waals surface area contributed by atoms with Gasteiger partial charge in [0.1, 0.15) is 91.9 Å². The first kappa shape index (κ1) is 99.0. The molecule has 6 aromatic heterocycles. The molecule has 4 unspecified atom stereocenters. The number of esters is 1. The number of carbonyl (C=O) groups excluding carboxylic acids is 4. The number of ether oxygens (including phenoxy) is 5. The molecule has 12 rings (SSSR count). The Hall–Kier alpha value is -10.1. The lowest BCUT2D eigenvalue weighted by atomic mass is 10.1. The number of nitrogens with one attached hydrogen (secondary N) is 4. The number of rotatable bonds is 41. The molecule has 45 nitrogen and oxygen atoms in total. The van der Waals surface area contributed by atoms with Crippen molar-refractivity contribution in [2.75, 3.05) is 56.9 Å². The number of phosphoric ester groups is 3. The van der Waals surface area contributed by atoms with Gasteiger partial charge in [-0.25, -0.2) is 53.2 Å². The van der Waals surface area contributed by atoms with E-state index in [-0.39, 0.29) is 75.7 Å². The fourth-order valence-corrected chi connectivity index (χ4v) is 20.5. The van der Waals surface area contributed by atoms with Gasteiger partial charge in [0.25, 0.3) is 22.9 Å². The van der Waals surface area contributed by atoms with Crippen LogP contribution in [-0.4, -0.2) is 211 Å². The molecule has 5 N–H and O–H groups in total. The van der Waals surface area contributed by atoms with Crippen molar-refractivity contribution in [1.82, 2.24) is 58.1 Å². The lowest BCUT2D eigenvalue weighted by molar-refractivity contribution is -0.153. The molecule has 2 amide bonds. The van der Waals surface area contributed by atoms with Crippen LogP contribution in [0.2, 0.25) is 36.3 Å². The molecule has 0 bridgehead atoms. The molecule has 17 atom stereocenters. The van der Waals surface area contributed by atoms with Crippen LogP contribution in [0.4, 0.5) is 11.6 Å². The zero-order valence-corrected chi connectivity index (χ0v) is 78.0. The molecule has 0 spiro atoms. The van der Waals surface area contributed by atoms with Crippen molar-refractivity contribution >= 4 is 97.6 Å².